The summed E-state index contributed by atoms with van der Waals surface area (Å²) in [6.45, 7) is 4.21. The lowest BCUT2D eigenvalue weighted by Crippen LogP contribution is -1.99. The highest BCUT2D eigenvalue weighted by Gasteiger charge is 2.08. The smallest absolute Gasteiger partial charge is 0.0746 e. The molecule has 1 aromatic heterocycles. The van der Waals surface area contributed by atoms with Gasteiger partial charge in [-0.05, 0) is 55.3 Å². The fraction of sp³-hybridized carbons (Fsp3) is 0.118. The van der Waals surface area contributed by atoms with E-state index in [1.54, 1.807) is 6.20 Å². The van der Waals surface area contributed by atoms with Crippen LogP contribution >= 0.6 is 15.9 Å². The number of halogens is 1. The minimum atomic E-state index is 0.638. The average molecular weight is 342 g/mol. The molecule has 0 radical (unpaired) electrons. The molecule has 3 N–H and O–H groups in total. The van der Waals surface area contributed by atoms with Crippen LogP contribution in [0.5, 0.6) is 0 Å². The van der Waals surface area contributed by atoms with Gasteiger partial charge in [-0.1, -0.05) is 22.0 Å². The van der Waals surface area contributed by atoms with Gasteiger partial charge in [-0.3, -0.25) is 4.98 Å². The molecule has 0 aliphatic rings. The van der Waals surface area contributed by atoms with Crippen LogP contribution in [0.3, 0.4) is 0 Å². The molecule has 0 aliphatic carbocycles. The standard InChI is InChI=1S/C17H16BrN3/c1-10-3-5-13(7-11(10)2)21-17-14-8-12(18)4-6-16(14)20-9-15(17)19/h3-9H,19H2,1-2H3,(H,20,21). The molecule has 4 heteroatoms. The molecule has 0 amide bonds. The minimum absolute atomic E-state index is 0.638. The second-order valence-corrected chi connectivity index (χ2v) is 6.09. The van der Waals surface area contributed by atoms with E-state index in [0.717, 1.165) is 26.8 Å². The zero-order chi connectivity index (χ0) is 15.0. The van der Waals surface area contributed by atoms with Crippen LogP contribution < -0.4 is 11.1 Å². The summed E-state index contributed by atoms with van der Waals surface area (Å²) >= 11 is 3.50. The Morgan fingerprint density at radius 1 is 1.05 bits per heavy atom. The number of nitrogens with zero attached hydrogens (tertiary/aromatic N) is 1. The molecule has 3 rings (SSSR count). The van der Waals surface area contributed by atoms with Crippen LogP contribution in [-0.4, -0.2) is 4.98 Å². The Morgan fingerprint density at radius 2 is 1.86 bits per heavy atom. The van der Waals surface area contributed by atoms with E-state index < -0.39 is 0 Å². The van der Waals surface area contributed by atoms with Gasteiger partial charge in [0.05, 0.1) is 23.1 Å². The van der Waals surface area contributed by atoms with Crippen molar-refractivity contribution < 1.29 is 0 Å². The van der Waals surface area contributed by atoms with E-state index in [1.165, 1.54) is 11.1 Å². The van der Waals surface area contributed by atoms with Crippen LogP contribution in [0.1, 0.15) is 11.1 Å². The van der Waals surface area contributed by atoms with E-state index in [0.29, 0.717) is 5.69 Å². The molecule has 1 heterocycles. The molecular formula is C17H16BrN3. The maximum absolute atomic E-state index is 6.11. The third-order valence-electron chi connectivity index (χ3n) is 3.64. The van der Waals surface area contributed by atoms with E-state index in [2.05, 4.69) is 58.3 Å². The minimum Gasteiger partial charge on any atom is -0.396 e. The average Bonchev–Trinajstić information content (AvgIpc) is 2.46. The quantitative estimate of drug-likeness (QED) is 0.693. The number of rotatable bonds is 2. The molecule has 2 aromatic carbocycles. The zero-order valence-corrected chi connectivity index (χ0v) is 13.5. The fourth-order valence-corrected chi connectivity index (χ4v) is 2.64. The Hall–Kier alpha value is -2.07. The Balaban J connectivity index is 2.12. The van der Waals surface area contributed by atoms with Crippen molar-refractivity contribution in [2.75, 3.05) is 11.1 Å². The summed E-state index contributed by atoms with van der Waals surface area (Å²) in [4.78, 5) is 4.37. The number of hydrogen-bond acceptors (Lipinski definition) is 3. The number of aromatic nitrogens is 1. The van der Waals surface area contributed by atoms with Crippen LogP contribution in [0, 0.1) is 13.8 Å². The Labute approximate surface area is 132 Å². The van der Waals surface area contributed by atoms with E-state index in [9.17, 15) is 0 Å². The molecule has 0 saturated heterocycles. The maximum atomic E-state index is 6.11. The number of hydrogen-bond donors (Lipinski definition) is 2. The van der Waals surface area contributed by atoms with Crippen molar-refractivity contribution in [1.82, 2.24) is 4.98 Å². The van der Waals surface area contributed by atoms with Crippen molar-refractivity contribution in [3.05, 3.63) is 58.2 Å². The SMILES string of the molecule is Cc1ccc(Nc2c(N)cnc3ccc(Br)cc23)cc1C. The topological polar surface area (TPSA) is 50.9 Å². The Morgan fingerprint density at radius 3 is 2.62 bits per heavy atom. The van der Waals surface area contributed by atoms with E-state index in [-0.39, 0.29) is 0 Å². The van der Waals surface area contributed by atoms with E-state index in [1.807, 2.05) is 18.2 Å². The second kappa shape index (κ2) is 5.37. The normalized spacial score (nSPS) is 10.8. The van der Waals surface area contributed by atoms with Crippen molar-refractivity contribution in [2.24, 2.45) is 0 Å². The monoisotopic (exact) mass is 341 g/mol. The van der Waals surface area contributed by atoms with Gasteiger partial charge in [0, 0.05) is 15.5 Å². The van der Waals surface area contributed by atoms with Gasteiger partial charge in [-0.15, -0.1) is 0 Å². The first-order valence-electron chi connectivity index (χ1n) is 6.72. The molecule has 3 aromatic rings. The number of aryl methyl sites for hydroxylation is 2. The third kappa shape index (κ3) is 2.72. The first kappa shape index (κ1) is 13.9. The molecule has 0 spiro atoms. The lowest BCUT2D eigenvalue weighted by molar-refractivity contribution is 1.33. The van der Waals surface area contributed by atoms with Crippen molar-refractivity contribution >= 4 is 43.9 Å². The highest BCUT2D eigenvalue weighted by Crippen LogP contribution is 2.32. The molecule has 106 valence electrons. The lowest BCUT2D eigenvalue weighted by Gasteiger charge is -2.13. The molecule has 0 aliphatic heterocycles. The van der Waals surface area contributed by atoms with Crippen molar-refractivity contribution in [3.8, 4) is 0 Å². The molecular weight excluding hydrogens is 326 g/mol. The summed E-state index contributed by atoms with van der Waals surface area (Å²) in [7, 11) is 0. The molecule has 0 atom stereocenters. The highest BCUT2D eigenvalue weighted by atomic mass is 79.9. The van der Waals surface area contributed by atoms with Gasteiger partial charge in [0.15, 0.2) is 0 Å². The molecule has 0 fully saturated rings. The molecule has 3 nitrogen and oxygen atoms in total. The third-order valence-corrected chi connectivity index (χ3v) is 4.13. The van der Waals surface area contributed by atoms with Gasteiger partial charge >= 0.3 is 0 Å². The largest absolute Gasteiger partial charge is 0.396 e. The summed E-state index contributed by atoms with van der Waals surface area (Å²) in [5, 5.41) is 4.43. The van der Waals surface area contributed by atoms with E-state index >= 15 is 0 Å². The predicted octanol–water partition coefficient (Wildman–Crippen LogP) is 4.94. The van der Waals surface area contributed by atoms with E-state index in [4.69, 9.17) is 5.73 Å². The fourth-order valence-electron chi connectivity index (χ4n) is 2.28. The molecule has 0 bridgehead atoms. The van der Waals surface area contributed by atoms with Crippen LogP contribution in [0.15, 0.2) is 47.1 Å². The number of nitrogen functional groups attached to an aromatic ring is 1. The summed E-state index contributed by atoms with van der Waals surface area (Å²) in [5.74, 6) is 0. The van der Waals surface area contributed by atoms with Crippen LogP contribution in [0.25, 0.3) is 10.9 Å². The highest BCUT2D eigenvalue weighted by molar-refractivity contribution is 9.10. The lowest BCUT2D eigenvalue weighted by atomic mass is 10.1. The molecule has 0 saturated carbocycles. The summed E-state index contributed by atoms with van der Waals surface area (Å²) in [6, 6.07) is 12.3. The van der Waals surface area contributed by atoms with Crippen LogP contribution in [0.2, 0.25) is 0 Å². The second-order valence-electron chi connectivity index (χ2n) is 5.17. The number of nitrogens with one attached hydrogen (secondary N) is 1. The zero-order valence-electron chi connectivity index (χ0n) is 11.9. The van der Waals surface area contributed by atoms with Crippen LogP contribution in [-0.2, 0) is 0 Å². The van der Waals surface area contributed by atoms with Gasteiger partial charge in [-0.2, -0.15) is 0 Å². The van der Waals surface area contributed by atoms with Crippen molar-refractivity contribution in [2.45, 2.75) is 13.8 Å². The van der Waals surface area contributed by atoms with Crippen molar-refractivity contribution in [1.29, 1.82) is 0 Å². The van der Waals surface area contributed by atoms with Gasteiger partial charge in [0.25, 0.3) is 0 Å². The first-order chi connectivity index (χ1) is 10.0. The number of benzene rings is 2. The number of fused-ring (bicyclic) bond motifs is 1. The van der Waals surface area contributed by atoms with Crippen LogP contribution in [0.4, 0.5) is 17.1 Å². The summed E-state index contributed by atoms with van der Waals surface area (Å²) in [6.07, 6.45) is 1.69. The number of pyridine rings is 1. The van der Waals surface area contributed by atoms with Gasteiger partial charge in [0.2, 0.25) is 0 Å². The van der Waals surface area contributed by atoms with Gasteiger partial charge in [0.1, 0.15) is 0 Å². The predicted molar refractivity (Wildman–Crippen MR) is 93.1 cm³/mol. The van der Waals surface area contributed by atoms with Gasteiger partial charge in [-0.25, -0.2) is 0 Å². The number of anilines is 3. The van der Waals surface area contributed by atoms with Crippen molar-refractivity contribution in [3.63, 3.8) is 0 Å². The summed E-state index contributed by atoms with van der Waals surface area (Å²) in [5.41, 5.74) is 12.1. The first-order valence-corrected chi connectivity index (χ1v) is 7.52. The number of nitrogens with two attached hydrogens (primary N) is 1. The molecule has 0 unspecified atom stereocenters. The molecule has 21 heavy (non-hydrogen) atoms. The Kier molecular flexibility index (Phi) is 3.55. The Bertz CT molecular complexity index is 822. The maximum Gasteiger partial charge on any atom is 0.0746 e. The van der Waals surface area contributed by atoms with Gasteiger partial charge < -0.3 is 11.1 Å². The summed E-state index contributed by atoms with van der Waals surface area (Å²) < 4.78 is 1.01.